The Balaban J connectivity index is 1.67. The van der Waals surface area contributed by atoms with Crippen molar-refractivity contribution in [2.45, 2.75) is 25.7 Å². The molecule has 0 amide bonds. The number of thiocarbonyl (C=S) groups is 1. The van der Waals surface area contributed by atoms with Crippen molar-refractivity contribution in [3.05, 3.63) is 66.1 Å². The zero-order valence-corrected chi connectivity index (χ0v) is 19.0. The number of aryl methyl sites for hydroxylation is 2. The van der Waals surface area contributed by atoms with Crippen LogP contribution in [0.2, 0.25) is 0 Å². The molecule has 1 heterocycles. The lowest BCUT2D eigenvalue weighted by atomic mass is 10.3. The van der Waals surface area contributed by atoms with Gasteiger partial charge in [-0.2, -0.15) is 0 Å². The lowest BCUT2D eigenvalue weighted by molar-refractivity contribution is 0.342. The minimum Gasteiger partial charge on any atom is -0.492 e. The third kappa shape index (κ3) is 6.12. The van der Waals surface area contributed by atoms with Crippen LogP contribution >= 0.6 is 12.2 Å². The highest BCUT2D eigenvalue weighted by Crippen LogP contribution is 2.24. The van der Waals surface area contributed by atoms with Crippen LogP contribution in [0, 0.1) is 13.8 Å². The number of sulfonamides is 1. The standard InChI is InChI=1S/C21H23N5O3S2/c1-4-29-19-8-6-5-7-18(19)25-21(30)24-16-9-11-17(12-10-16)31(27,28)26-20-13-14(2)22-15(3)23-20/h5-13H,4H2,1-3H3,(H,22,23,26)(H2,24,25,30). The second-order valence-corrected chi connectivity index (χ2v) is 8.67. The van der Waals surface area contributed by atoms with Gasteiger partial charge in [-0.1, -0.05) is 12.1 Å². The normalized spacial score (nSPS) is 10.9. The Kier molecular flexibility index (Phi) is 7.03. The molecule has 0 aliphatic heterocycles. The fourth-order valence-electron chi connectivity index (χ4n) is 2.82. The summed E-state index contributed by atoms with van der Waals surface area (Å²) in [5, 5.41) is 6.47. The average Bonchev–Trinajstić information content (AvgIpc) is 2.69. The zero-order valence-electron chi connectivity index (χ0n) is 17.3. The molecule has 0 bridgehead atoms. The first-order valence-electron chi connectivity index (χ1n) is 9.52. The summed E-state index contributed by atoms with van der Waals surface area (Å²) in [4.78, 5) is 8.36. The fraction of sp³-hybridized carbons (Fsp3) is 0.190. The van der Waals surface area contributed by atoms with Gasteiger partial charge in [0.05, 0.1) is 17.2 Å². The molecule has 1 aromatic heterocycles. The highest BCUT2D eigenvalue weighted by atomic mass is 32.2. The van der Waals surface area contributed by atoms with Gasteiger partial charge in [0.15, 0.2) is 5.11 Å². The molecule has 8 nitrogen and oxygen atoms in total. The number of benzene rings is 2. The van der Waals surface area contributed by atoms with Gasteiger partial charge in [0.1, 0.15) is 17.4 Å². The molecule has 0 saturated carbocycles. The smallest absolute Gasteiger partial charge is 0.263 e. The SMILES string of the molecule is CCOc1ccccc1NC(=S)Nc1ccc(S(=O)(=O)Nc2cc(C)nc(C)n2)cc1. The molecule has 0 spiro atoms. The lowest BCUT2D eigenvalue weighted by Gasteiger charge is -2.14. The molecular weight excluding hydrogens is 434 g/mol. The van der Waals surface area contributed by atoms with E-state index in [4.69, 9.17) is 17.0 Å². The number of aromatic nitrogens is 2. The van der Waals surface area contributed by atoms with Crippen molar-refractivity contribution in [3.8, 4) is 5.75 Å². The van der Waals surface area contributed by atoms with Gasteiger partial charge in [0.2, 0.25) is 0 Å². The summed E-state index contributed by atoms with van der Waals surface area (Å²) in [5.41, 5.74) is 2.05. The van der Waals surface area contributed by atoms with E-state index in [1.54, 1.807) is 32.0 Å². The highest BCUT2D eigenvalue weighted by molar-refractivity contribution is 7.92. The molecule has 3 N–H and O–H groups in total. The maximum absolute atomic E-state index is 12.7. The topological polar surface area (TPSA) is 105 Å². The molecule has 0 unspecified atom stereocenters. The Bertz CT molecular complexity index is 1160. The fourth-order valence-corrected chi connectivity index (χ4v) is 4.04. The van der Waals surface area contributed by atoms with Crippen LogP contribution in [0.5, 0.6) is 5.75 Å². The number of rotatable bonds is 7. The molecule has 0 radical (unpaired) electrons. The maximum atomic E-state index is 12.7. The third-order valence-corrected chi connectivity index (χ3v) is 5.64. The van der Waals surface area contributed by atoms with Crippen molar-refractivity contribution >= 4 is 44.5 Å². The van der Waals surface area contributed by atoms with Gasteiger partial charge in [-0.3, -0.25) is 4.72 Å². The van der Waals surface area contributed by atoms with Crippen LogP contribution < -0.4 is 20.1 Å². The summed E-state index contributed by atoms with van der Waals surface area (Å²) in [7, 11) is -3.79. The molecule has 0 aliphatic carbocycles. The second kappa shape index (κ2) is 9.71. The molecular formula is C21H23N5O3S2. The Hall–Kier alpha value is -3.24. The molecule has 3 rings (SSSR count). The van der Waals surface area contributed by atoms with Gasteiger partial charge in [0, 0.05) is 17.4 Å². The molecule has 0 atom stereocenters. The van der Waals surface area contributed by atoms with E-state index in [0.717, 1.165) is 5.69 Å². The number of anilines is 3. The monoisotopic (exact) mass is 457 g/mol. The van der Waals surface area contributed by atoms with Gasteiger partial charge in [-0.15, -0.1) is 0 Å². The molecule has 2 aromatic carbocycles. The third-order valence-electron chi connectivity index (χ3n) is 4.06. The summed E-state index contributed by atoms with van der Waals surface area (Å²) in [6.07, 6.45) is 0. The van der Waals surface area contributed by atoms with Crippen LogP contribution in [0.25, 0.3) is 0 Å². The number of hydrogen-bond donors (Lipinski definition) is 3. The van der Waals surface area contributed by atoms with E-state index < -0.39 is 10.0 Å². The second-order valence-electron chi connectivity index (χ2n) is 6.58. The highest BCUT2D eigenvalue weighted by Gasteiger charge is 2.15. The Morgan fingerprint density at radius 3 is 2.42 bits per heavy atom. The minimum atomic E-state index is -3.79. The maximum Gasteiger partial charge on any atom is 0.263 e. The molecule has 162 valence electrons. The first-order chi connectivity index (χ1) is 14.8. The molecule has 0 saturated heterocycles. The van der Waals surface area contributed by atoms with Gasteiger partial charge in [0.25, 0.3) is 10.0 Å². The summed E-state index contributed by atoms with van der Waals surface area (Å²) < 4.78 is 33.4. The first kappa shape index (κ1) is 22.4. The van der Waals surface area contributed by atoms with Gasteiger partial charge < -0.3 is 15.4 Å². The largest absolute Gasteiger partial charge is 0.492 e. The molecule has 31 heavy (non-hydrogen) atoms. The molecule has 0 fully saturated rings. The van der Waals surface area contributed by atoms with Crippen molar-refractivity contribution in [2.75, 3.05) is 22.0 Å². The van der Waals surface area contributed by atoms with E-state index >= 15 is 0 Å². The van der Waals surface area contributed by atoms with Crippen molar-refractivity contribution in [1.82, 2.24) is 9.97 Å². The number of nitrogens with zero attached hydrogens (tertiary/aromatic N) is 2. The van der Waals surface area contributed by atoms with Crippen LogP contribution in [0.4, 0.5) is 17.2 Å². The van der Waals surface area contributed by atoms with Crippen molar-refractivity contribution < 1.29 is 13.2 Å². The van der Waals surface area contributed by atoms with Gasteiger partial charge >= 0.3 is 0 Å². The van der Waals surface area contributed by atoms with Crippen LogP contribution in [0.3, 0.4) is 0 Å². The van der Waals surface area contributed by atoms with E-state index in [1.807, 2.05) is 31.2 Å². The van der Waals surface area contributed by atoms with Gasteiger partial charge in [-0.05, 0) is 69.4 Å². The minimum absolute atomic E-state index is 0.104. The Labute approximate surface area is 187 Å². The number of ether oxygens (including phenoxy) is 1. The lowest BCUT2D eigenvalue weighted by Crippen LogP contribution is -2.20. The summed E-state index contributed by atoms with van der Waals surface area (Å²) in [6, 6.07) is 15.3. The van der Waals surface area contributed by atoms with E-state index in [1.165, 1.54) is 12.1 Å². The molecule has 10 heteroatoms. The zero-order chi connectivity index (χ0) is 22.4. The molecule has 3 aromatic rings. The quantitative estimate of drug-likeness (QED) is 0.456. The van der Waals surface area contributed by atoms with E-state index in [-0.39, 0.29) is 10.7 Å². The predicted molar refractivity (Wildman–Crippen MR) is 126 cm³/mol. The van der Waals surface area contributed by atoms with Crippen LogP contribution in [0.15, 0.2) is 59.5 Å². The number of hydrogen-bond acceptors (Lipinski definition) is 6. The van der Waals surface area contributed by atoms with Crippen LogP contribution in [-0.4, -0.2) is 30.1 Å². The Morgan fingerprint density at radius 2 is 1.74 bits per heavy atom. The van der Waals surface area contributed by atoms with Gasteiger partial charge in [-0.25, -0.2) is 18.4 Å². The van der Waals surface area contributed by atoms with Crippen LogP contribution in [-0.2, 0) is 10.0 Å². The van der Waals surface area contributed by atoms with E-state index in [9.17, 15) is 8.42 Å². The van der Waals surface area contributed by atoms with Crippen molar-refractivity contribution in [1.29, 1.82) is 0 Å². The Morgan fingerprint density at radius 1 is 1.03 bits per heavy atom. The number of para-hydroxylation sites is 2. The van der Waals surface area contributed by atoms with Crippen molar-refractivity contribution in [2.24, 2.45) is 0 Å². The van der Waals surface area contributed by atoms with Crippen molar-refractivity contribution in [3.63, 3.8) is 0 Å². The average molecular weight is 458 g/mol. The van der Waals surface area contributed by atoms with E-state index in [0.29, 0.717) is 34.7 Å². The van der Waals surface area contributed by atoms with E-state index in [2.05, 4.69) is 25.3 Å². The number of nitrogens with one attached hydrogen (secondary N) is 3. The summed E-state index contributed by atoms with van der Waals surface area (Å²) >= 11 is 5.36. The predicted octanol–water partition coefficient (Wildman–Crippen LogP) is 4.10. The summed E-state index contributed by atoms with van der Waals surface area (Å²) in [5.74, 6) is 1.41. The first-order valence-corrected chi connectivity index (χ1v) is 11.4. The summed E-state index contributed by atoms with van der Waals surface area (Å²) in [6.45, 7) is 5.92. The molecule has 0 aliphatic rings. The van der Waals surface area contributed by atoms with Crippen LogP contribution in [0.1, 0.15) is 18.4 Å².